The Morgan fingerprint density at radius 3 is 2.48 bits per heavy atom. The van der Waals surface area contributed by atoms with Gasteiger partial charge in [0.2, 0.25) is 0 Å². The quantitative estimate of drug-likeness (QED) is 0.343. The van der Waals surface area contributed by atoms with Crippen LogP contribution in [0.25, 0.3) is 5.70 Å². The molecule has 0 unspecified atom stereocenters. The second-order valence-electron chi connectivity index (χ2n) is 8.08. The van der Waals surface area contributed by atoms with Gasteiger partial charge in [-0.1, -0.05) is 62.2 Å². The zero-order valence-corrected chi connectivity index (χ0v) is 17.8. The molecule has 5 nitrogen and oxygen atoms in total. The highest BCUT2D eigenvalue weighted by Crippen LogP contribution is 2.34. The molecule has 0 atom stereocenters. The van der Waals surface area contributed by atoms with Crippen molar-refractivity contribution in [2.45, 2.75) is 57.6 Å². The van der Waals surface area contributed by atoms with Crippen LogP contribution in [-0.2, 0) is 22.8 Å². The van der Waals surface area contributed by atoms with Gasteiger partial charge in [0, 0.05) is 13.1 Å². The monoisotopic (exact) mass is 426 g/mol. The van der Waals surface area contributed by atoms with Crippen molar-refractivity contribution in [2.24, 2.45) is 0 Å². The number of carboxylic acid groups (broad SMARTS) is 1. The van der Waals surface area contributed by atoms with E-state index in [0.29, 0.717) is 24.7 Å². The van der Waals surface area contributed by atoms with Crippen LogP contribution in [-0.4, -0.2) is 17.6 Å². The molecule has 0 saturated heterocycles. The predicted molar refractivity (Wildman–Crippen MR) is 120 cm³/mol. The Labute approximate surface area is 183 Å². The van der Waals surface area contributed by atoms with Crippen LogP contribution in [0.1, 0.15) is 66.7 Å². The lowest BCUT2D eigenvalue weighted by molar-refractivity contribution is -0.136. The number of hydrogen-bond acceptors (Lipinski definition) is 4. The van der Waals surface area contributed by atoms with Crippen molar-refractivity contribution in [3.8, 4) is 0 Å². The molecule has 0 radical (unpaired) electrons. The van der Waals surface area contributed by atoms with Crippen molar-refractivity contribution in [1.29, 1.82) is 0 Å². The molecule has 6 heteroatoms. The summed E-state index contributed by atoms with van der Waals surface area (Å²) in [5.41, 5.74) is 6.99. The summed E-state index contributed by atoms with van der Waals surface area (Å²) in [7, 11) is 0. The lowest BCUT2D eigenvalue weighted by atomic mass is 9.83. The maximum Gasteiger partial charge on any atom is 0.304 e. The molecule has 3 N–H and O–H groups in total. The number of rotatable bonds is 11. The van der Waals surface area contributed by atoms with E-state index in [1.807, 2.05) is 36.4 Å². The van der Waals surface area contributed by atoms with E-state index in [9.17, 15) is 9.18 Å². The Bertz CT molecular complexity index is 877. The molecule has 2 aromatic carbocycles. The fourth-order valence-electron chi connectivity index (χ4n) is 3.92. The molecule has 0 spiro atoms. The topological polar surface area (TPSA) is 70.6 Å². The van der Waals surface area contributed by atoms with Crippen LogP contribution in [0.5, 0.6) is 0 Å². The van der Waals surface area contributed by atoms with E-state index in [4.69, 9.17) is 9.94 Å². The molecule has 1 saturated carbocycles. The second-order valence-corrected chi connectivity index (χ2v) is 8.08. The first-order valence-corrected chi connectivity index (χ1v) is 10.9. The average molecular weight is 427 g/mol. The SMILES string of the molecule is C=C(NOCc1ccc(C2CCCCC2)c(F)c1)c1ccc(CNCCC(=O)O)cc1. The first-order valence-electron chi connectivity index (χ1n) is 10.9. The molecule has 31 heavy (non-hydrogen) atoms. The van der Waals surface area contributed by atoms with Gasteiger partial charge in [-0.2, -0.15) is 0 Å². The molecular formula is C25H31FN2O3. The second kappa shape index (κ2) is 11.6. The van der Waals surface area contributed by atoms with Crippen LogP contribution in [0.4, 0.5) is 4.39 Å². The standard InChI is InChI=1S/C25H31FN2O3/c1-18(21-10-7-19(8-11-21)16-27-14-13-25(29)30)28-31-17-20-9-12-23(24(26)15-20)22-5-3-2-4-6-22/h7-12,15,22,27-28H,1-6,13-14,16-17H2,(H,29,30). The van der Waals surface area contributed by atoms with Crippen LogP contribution in [0.15, 0.2) is 49.0 Å². The third-order valence-corrected chi connectivity index (χ3v) is 5.69. The van der Waals surface area contributed by atoms with Crippen molar-refractivity contribution < 1.29 is 19.1 Å². The van der Waals surface area contributed by atoms with Crippen molar-refractivity contribution in [3.05, 3.63) is 77.1 Å². The number of aliphatic carboxylic acids is 1. The fraction of sp³-hybridized carbons (Fsp3) is 0.400. The van der Waals surface area contributed by atoms with Gasteiger partial charge in [0.25, 0.3) is 0 Å². The molecule has 1 aliphatic rings. The predicted octanol–water partition coefficient (Wildman–Crippen LogP) is 5.13. The van der Waals surface area contributed by atoms with E-state index in [-0.39, 0.29) is 18.8 Å². The minimum absolute atomic E-state index is 0.101. The summed E-state index contributed by atoms with van der Waals surface area (Å²) in [6.45, 7) is 5.26. The van der Waals surface area contributed by atoms with Crippen LogP contribution in [0, 0.1) is 5.82 Å². The average Bonchev–Trinajstić information content (AvgIpc) is 2.77. The van der Waals surface area contributed by atoms with Gasteiger partial charge in [-0.05, 0) is 47.1 Å². The summed E-state index contributed by atoms with van der Waals surface area (Å²) in [5, 5.41) is 11.7. The zero-order chi connectivity index (χ0) is 22.1. The highest BCUT2D eigenvalue weighted by Gasteiger charge is 2.18. The van der Waals surface area contributed by atoms with Crippen molar-refractivity contribution in [2.75, 3.05) is 6.54 Å². The minimum atomic E-state index is -0.812. The maximum absolute atomic E-state index is 14.5. The summed E-state index contributed by atoms with van der Waals surface area (Å²) in [5.74, 6) is -0.607. The number of carbonyl (C=O) groups is 1. The number of nitrogens with one attached hydrogen (secondary N) is 2. The summed E-state index contributed by atoms with van der Waals surface area (Å²) in [4.78, 5) is 16.0. The summed E-state index contributed by atoms with van der Waals surface area (Å²) in [6, 6.07) is 13.2. The van der Waals surface area contributed by atoms with Gasteiger partial charge in [-0.25, -0.2) is 4.39 Å². The lowest BCUT2D eigenvalue weighted by Crippen LogP contribution is -2.17. The van der Waals surface area contributed by atoms with Crippen molar-refractivity contribution in [1.82, 2.24) is 10.8 Å². The Morgan fingerprint density at radius 2 is 1.81 bits per heavy atom. The molecule has 0 heterocycles. The van der Waals surface area contributed by atoms with E-state index >= 15 is 0 Å². The molecule has 2 aromatic rings. The molecule has 0 aromatic heterocycles. The molecule has 166 valence electrons. The third kappa shape index (κ3) is 7.19. The summed E-state index contributed by atoms with van der Waals surface area (Å²) >= 11 is 0. The van der Waals surface area contributed by atoms with E-state index in [1.54, 1.807) is 6.07 Å². The highest BCUT2D eigenvalue weighted by atomic mass is 19.1. The van der Waals surface area contributed by atoms with Crippen LogP contribution < -0.4 is 10.8 Å². The minimum Gasteiger partial charge on any atom is -0.481 e. The largest absolute Gasteiger partial charge is 0.481 e. The fourth-order valence-corrected chi connectivity index (χ4v) is 3.92. The van der Waals surface area contributed by atoms with Gasteiger partial charge in [0.05, 0.1) is 18.7 Å². The Kier molecular flexibility index (Phi) is 8.62. The first kappa shape index (κ1) is 23.0. The van der Waals surface area contributed by atoms with Gasteiger partial charge < -0.3 is 10.4 Å². The Balaban J connectivity index is 1.43. The van der Waals surface area contributed by atoms with Crippen molar-refractivity contribution in [3.63, 3.8) is 0 Å². The molecule has 3 rings (SSSR count). The van der Waals surface area contributed by atoms with Crippen LogP contribution >= 0.6 is 0 Å². The zero-order valence-electron chi connectivity index (χ0n) is 17.8. The first-order chi connectivity index (χ1) is 15.0. The third-order valence-electron chi connectivity index (χ3n) is 5.69. The number of carboxylic acids is 1. The van der Waals surface area contributed by atoms with Gasteiger partial charge in [-0.3, -0.25) is 15.1 Å². The van der Waals surface area contributed by atoms with Crippen LogP contribution in [0.3, 0.4) is 0 Å². The van der Waals surface area contributed by atoms with E-state index in [0.717, 1.165) is 35.1 Å². The number of benzene rings is 2. The Hall–Kier alpha value is -2.70. The molecular weight excluding hydrogens is 395 g/mol. The van der Waals surface area contributed by atoms with Gasteiger partial charge in [-0.15, -0.1) is 0 Å². The van der Waals surface area contributed by atoms with Crippen molar-refractivity contribution >= 4 is 11.7 Å². The molecule has 0 bridgehead atoms. The van der Waals surface area contributed by atoms with E-state index < -0.39 is 5.97 Å². The molecule has 0 amide bonds. The van der Waals surface area contributed by atoms with Crippen LogP contribution in [0.2, 0.25) is 0 Å². The smallest absolute Gasteiger partial charge is 0.304 e. The Morgan fingerprint density at radius 1 is 1.10 bits per heavy atom. The van der Waals surface area contributed by atoms with E-state index in [1.165, 1.54) is 19.3 Å². The lowest BCUT2D eigenvalue weighted by Gasteiger charge is -2.22. The molecule has 1 aliphatic carbocycles. The molecule has 1 fully saturated rings. The number of hydrogen-bond donors (Lipinski definition) is 3. The van der Waals surface area contributed by atoms with Gasteiger partial charge in [0.1, 0.15) is 5.82 Å². The molecule has 0 aliphatic heterocycles. The van der Waals surface area contributed by atoms with Gasteiger partial charge >= 0.3 is 5.97 Å². The van der Waals surface area contributed by atoms with E-state index in [2.05, 4.69) is 17.4 Å². The number of halogens is 1. The number of hydroxylamine groups is 1. The summed E-state index contributed by atoms with van der Waals surface area (Å²) in [6.07, 6.45) is 5.87. The summed E-state index contributed by atoms with van der Waals surface area (Å²) < 4.78 is 14.5. The maximum atomic E-state index is 14.5. The van der Waals surface area contributed by atoms with Gasteiger partial charge in [0.15, 0.2) is 0 Å². The normalized spacial score (nSPS) is 14.4. The highest BCUT2D eigenvalue weighted by molar-refractivity contribution is 5.66.